The molecule has 18 heavy (non-hydrogen) atoms. The number of carboxylic acids is 1. The van der Waals surface area contributed by atoms with Crippen molar-refractivity contribution in [1.82, 2.24) is 0 Å². The second-order valence-corrected chi connectivity index (χ2v) is 6.24. The van der Waals surface area contributed by atoms with Gasteiger partial charge in [0.1, 0.15) is 6.04 Å². The van der Waals surface area contributed by atoms with Gasteiger partial charge in [-0.15, -0.1) is 0 Å². The van der Waals surface area contributed by atoms with E-state index in [1.165, 1.54) is 0 Å². The third-order valence-electron chi connectivity index (χ3n) is 2.17. The molecule has 0 aliphatic heterocycles. The number of nitrogens with one attached hydrogen (secondary N) is 1. The molecule has 0 aliphatic carbocycles. The van der Waals surface area contributed by atoms with Gasteiger partial charge in [0.2, 0.25) is 0 Å². The highest BCUT2D eigenvalue weighted by atomic mass is 32.2. The van der Waals surface area contributed by atoms with E-state index in [0.717, 1.165) is 0 Å². The number of halogens is 3. The summed E-state index contributed by atoms with van der Waals surface area (Å²) in [5, 5.41) is 17.1. The number of nitrogens with two attached hydrogens (primary N) is 1. The minimum Gasteiger partial charge on any atom is -0.480 e. The number of aliphatic hydroxyl groups is 1. The fourth-order valence-electron chi connectivity index (χ4n) is 1.01. The van der Waals surface area contributed by atoms with Gasteiger partial charge >= 0.3 is 12.1 Å². The molecule has 3 atom stereocenters. The topological polar surface area (TPSA) is 124 Å². The molecule has 0 spiro atoms. The molecule has 0 aromatic rings. The lowest BCUT2D eigenvalue weighted by molar-refractivity contribution is -0.203. The van der Waals surface area contributed by atoms with E-state index in [9.17, 15) is 22.2 Å². The first-order chi connectivity index (χ1) is 7.96. The molecule has 0 heterocycles. The average Bonchev–Trinajstić information content (AvgIpc) is 2.21. The summed E-state index contributed by atoms with van der Waals surface area (Å²) in [5.41, 5.74) is 5.11. The van der Waals surface area contributed by atoms with Crippen molar-refractivity contribution in [2.24, 2.45) is 5.73 Å². The highest BCUT2D eigenvalue weighted by Gasteiger charge is 2.38. The summed E-state index contributed by atoms with van der Waals surface area (Å²) in [7, 11) is -3.37. The van der Waals surface area contributed by atoms with Crippen molar-refractivity contribution >= 4 is 15.7 Å². The smallest absolute Gasteiger partial charge is 0.414 e. The monoisotopic (exact) mass is 292 g/mol. The summed E-state index contributed by atoms with van der Waals surface area (Å²) < 4.78 is 54.6. The summed E-state index contributed by atoms with van der Waals surface area (Å²) in [4.78, 5) is 10.3. The van der Waals surface area contributed by atoms with Gasteiger partial charge in [0, 0.05) is 21.2 Å². The number of carbonyl (C=O) groups is 1. The number of aliphatic carboxylic acids is 1. The standard InChI is InChI=1S/C8H15F3N2O4S/c9-8(10,11)6(14)2-4-18(13,17)3-1-5(12)7(15)16/h5-6,13-14H,1-4,12H2,(H,15,16)/t5-,6+,18-/m0/s1. The van der Waals surface area contributed by atoms with Crippen LogP contribution < -0.4 is 5.73 Å². The third-order valence-corrected chi connectivity index (χ3v) is 3.96. The van der Waals surface area contributed by atoms with E-state index in [1.807, 2.05) is 0 Å². The van der Waals surface area contributed by atoms with Crippen LogP contribution in [0.2, 0.25) is 0 Å². The first-order valence-electron chi connectivity index (χ1n) is 4.93. The Balaban J connectivity index is 4.22. The minimum absolute atomic E-state index is 0.264. The van der Waals surface area contributed by atoms with E-state index < -0.39 is 51.9 Å². The van der Waals surface area contributed by atoms with Gasteiger partial charge < -0.3 is 15.9 Å². The zero-order valence-electron chi connectivity index (χ0n) is 9.31. The molecule has 5 N–H and O–H groups in total. The van der Waals surface area contributed by atoms with Crippen LogP contribution in [-0.2, 0) is 14.5 Å². The molecule has 0 fully saturated rings. The van der Waals surface area contributed by atoms with Crippen LogP contribution in [0.4, 0.5) is 13.2 Å². The number of carboxylic acid groups (broad SMARTS) is 1. The average molecular weight is 292 g/mol. The van der Waals surface area contributed by atoms with Crippen LogP contribution >= 0.6 is 0 Å². The largest absolute Gasteiger partial charge is 0.480 e. The Morgan fingerprint density at radius 3 is 2.17 bits per heavy atom. The van der Waals surface area contributed by atoms with Crippen molar-refractivity contribution in [3.63, 3.8) is 0 Å². The van der Waals surface area contributed by atoms with Crippen molar-refractivity contribution in [1.29, 1.82) is 4.78 Å². The summed E-state index contributed by atoms with van der Waals surface area (Å²) in [6, 6.07) is -1.30. The molecule has 0 bridgehead atoms. The Morgan fingerprint density at radius 2 is 1.78 bits per heavy atom. The molecule has 0 radical (unpaired) electrons. The number of rotatable bonds is 7. The van der Waals surface area contributed by atoms with E-state index in [4.69, 9.17) is 20.7 Å². The Kier molecular flexibility index (Phi) is 6.04. The van der Waals surface area contributed by atoms with Gasteiger partial charge in [-0.05, 0) is 12.8 Å². The molecule has 108 valence electrons. The summed E-state index contributed by atoms with van der Waals surface area (Å²) in [6.45, 7) is 0. The molecule has 6 nitrogen and oxygen atoms in total. The van der Waals surface area contributed by atoms with Gasteiger partial charge in [0.15, 0.2) is 6.10 Å². The first-order valence-corrected chi connectivity index (χ1v) is 6.82. The van der Waals surface area contributed by atoms with Gasteiger partial charge in [0.25, 0.3) is 0 Å². The summed E-state index contributed by atoms with van der Waals surface area (Å²) in [6.07, 6.45) is -8.56. The Bertz CT molecular complexity index is 382. The first kappa shape index (κ1) is 17.1. The van der Waals surface area contributed by atoms with E-state index in [0.29, 0.717) is 0 Å². The second-order valence-electron chi connectivity index (χ2n) is 3.80. The predicted molar refractivity (Wildman–Crippen MR) is 57.5 cm³/mol. The van der Waals surface area contributed by atoms with E-state index >= 15 is 0 Å². The van der Waals surface area contributed by atoms with Gasteiger partial charge in [-0.2, -0.15) is 13.2 Å². The maximum Gasteiger partial charge on any atom is 0.414 e. The number of hydrogen-bond acceptors (Lipinski definition) is 5. The van der Waals surface area contributed by atoms with E-state index in [-0.39, 0.29) is 6.42 Å². The van der Waals surface area contributed by atoms with Crippen molar-refractivity contribution < 1.29 is 32.4 Å². The van der Waals surface area contributed by atoms with Crippen LogP contribution in [-0.4, -0.2) is 50.2 Å². The Hall–Kier alpha value is -0.870. The van der Waals surface area contributed by atoms with Crippen LogP contribution in [0, 0.1) is 4.78 Å². The van der Waals surface area contributed by atoms with Crippen molar-refractivity contribution in [3.8, 4) is 0 Å². The van der Waals surface area contributed by atoms with E-state index in [2.05, 4.69) is 0 Å². The van der Waals surface area contributed by atoms with Crippen LogP contribution in [0.25, 0.3) is 0 Å². The fraction of sp³-hybridized carbons (Fsp3) is 0.875. The molecule has 0 saturated heterocycles. The fourth-order valence-corrected chi connectivity index (χ4v) is 2.45. The SMILES string of the molecule is N=[S@@](=O)(CC[C@@H](O)C(F)(F)F)CC[C@H](N)C(=O)O. The molecular formula is C8H15F3N2O4S. The highest BCUT2D eigenvalue weighted by Crippen LogP contribution is 2.22. The lowest BCUT2D eigenvalue weighted by Crippen LogP contribution is -2.33. The molecular weight excluding hydrogens is 277 g/mol. The lowest BCUT2D eigenvalue weighted by atomic mass is 10.2. The van der Waals surface area contributed by atoms with Crippen LogP contribution in [0.15, 0.2) is 0 Å². The number of aliphatic hydroxyl groups excluding tert-OH is 1. The minimum atomic E-state index is -4.81. The third kappa shape index (κ3) is 6.77. The van der Waals surface area contributed by atoms with Gasteiger partial charge in [0.05, 0.1) is 0 Å². The molecule has 0 rings (SSSR count). The summed E-state index contributed by atoms with van der Waals surface area (Å²) in [5.74, 6) is -2.40. The van der Waals surface area contributed by atoms with E-state index in [1.54, 1.807) is 0 Å². The maximum absolute atomic E-state index is 11.9. The molecule has 0 aromatic carbocycles. The van der Waals surface area contributed by atoms with Crippen LogP contribution in [0.5, 0.6) is 0 Å². The predicted octanol–water partition coefficient (Wildman–Crippen LogP) is 0.148. The zero-order valence-corrected chi connectivity index (χ0v) is 10.1. The molecule has 10 heteroatoms. The number of hydrogen-bond donors (Lipinski definition) is 4. The van der Waals surface area contributed by atoms with Crippen LogP contribution in [0.3, 0.4) is 0 Å². The van der Waals surface area contributed by atoms with Gasteiger partial charge in [-0.1, -0.05) is 0 Å². The van der Waals surface area contributed by atoms with Crippen molar-refractivity contribution in [2.75, 3.05) is 11.5 Å². The molecule has 0 saturated carbocycles. The Labute approximate surface area is 102 Å². The molecule has 0 aromatic heterocycles. The lowest BCUT2D eigenvalue weighted by Gasteiger charge is -2.15. The summed E-state index contributed by atoms with van der Waals surface area (Å²) >= 11 is 0. The molecule has 0 amide bonds. The number of alkyl halides is 3. The van der Waals surface area contributed by atoms with Crippen LogP contribution in [0.1, 0.15) is 12.8 Å². The zero-order chi connectivity index (χ0) is 14.6. The second kappa shape index (κ2) is 6.34. The van der Waals surface area contributed by atoms with Crippen molar-refractivity contribution in [2.45, 2.75) is 31.2 Å². The van der Waals surface area contributed by atoms with Crippen molar-refractivity contribution in [3.05, 3.63) is 0 Å². The van der Waals surface area contributed by atoms with Gasteiger partial charge in [-0.3, -0.25) is 9.57 Å². The normalized spacial score (nSPS) is 18.9. The Morgan fingerprint density at radius 1 is 1.33 bits per heavy atom. The molecule has 0 aliphatic rings. The maximum atomic E-state index is 11.9. The molecule has 0 unspecified atom stereocenters. The highest BCUT2D eigenvalue weighted by molar-refractivity contribution is 7.92. The van der Waals surface area contributed by atoms with Gasteiger partial charge in [-0.25, -0.2) is 4.21 Å². The quantitative estimate of drug-likeness (QED) is 0.531.